The highest BCUT2D eigenvalue weighted by Gasteiger charge is 2.45. The summed E-state index contributed by atoms with van der Waals surface area (Å²) >= 11 is 7.01. The molecule has 158 valence electrons. The molecule has 2 aromatic rings. The fourth-order valence-electron chi connectivity index (χ4n) is 4.27. The van der Waals surface area contributed by atoms with Crippen LogP contribution in [0.1, 0.15) is 37.5 Å². The number of carbonyl (C=O) groups excluding carboxylic acids is 1. The van der Waals surface area contributed by atoms with Crippen molar-refractivity contribution in [3.8, 4) is 6.07 Å². The number of nitriles is 1. The number of nitro groups is 1. The van der Waals surface area contributed by atoms with E-state index < -0.39 is 10.8 Å². The van der Waals surface area contributed by atoms with Crippen LogP contribution in [0.25, 0.3) is 0 Å². The normalized spacial score (nSPS) is 20.5. The number of anilines is 1. The number of Topliss-reactive ketones (excluding diaryl/α,β-unsaturated/α-hetero) is 1. The maximum Gasteiger partial charge on any atom is 0.324 e. The molecular formula is C22H19ClN4O3S. The lowest BCUT2D eigenvalue weighted by Crippen LogP contribution is -2.42. The maximum atomic E-state index is 13.4. The van der Waals surface area contributed by atoms with Crippen LogP contribution >= 0.6 is 22.9 Å². The van der Waals surface area contributed by atoms with E-state index in [1.54, 1.807) is 35.2 Å². The van der Waals surface area contributed by atoms with Crippen LogP contribution in [0.4, 0.5) is 10.7 Å². The molecule has 1 aromatic carbocycles. The van der Waals surface area contributed by atoms with E-state index in [1.165, 1.54) is 6.07 Å². The van der Waals surface area contributed by atoms with Crippen LogP contribution in [0, 0.1) is 26.9 Å². The first-order valence-corrected chi connectivity index (χ1v) is 10.8. The van der Waals surface area contributed by atoms with Gasteiger partial charge in [0.25, 0.3) is 0 Å². The van der Waals surface area contributed by atoms with Crippen molar-refractivity contribution >= 4 is 39.4 Å². The van der Waals surface area contributed by atoms with Crippen LogP contribution < -0.4 is 10.6 Å². The number of carbonyl (C=O) groups is 1. The minimum atomic E-state index is -0.717. The molecule has 9 heteroatoms. The number of benzene rings is 1. The smallest absolute Gasteiger partial charge is 0.324 e. The van der Waals surface area contributed by atoms with E-state index in [0.29, 0.717) is 34.0 Å². The number of ketones is 1. The zero-order valence-corrected chi connectivity index (χ0v) is 18.5. The summed E-state index contributed by atoms with van der Waals surface area (Å²) in [4.78, 5) is 26.4. The first-order chi connectivity index (χ1) is 14.6. The number of nitrogens with zero attached hydrogens (tertiary/aromatic N) is 3. The fourth-order valence-corrected chi connectivity index (χ4v) is 5.34. The summed E-state index contributed by atoms with van der Waals surface area (Å²) in [6, 6.07) is 12.2. The van der Waals surface area contributed by atoms with Gasteiger partial charge in [-0.15, -0.1) is 0 Å². The van der Waals surface area contributed by atoms with Gasteiger partial charge in [0.15, 0.2) is 5.78 Å². The molecule has 2 heterocycles. The lowest BCUT2D eigenvalue weighted by molar-refractivity contribution is -0.380. The highest BCUT2D eigenvalue weighted by atomic mass is 35.5. The standard InChI is InChI=1S/C22H19ClN4O3S/c1-22(2)9-15-20(16(28)10-22)19(17-7-8-18(31-17)27(29)30)14(11-24)21(25)26(15)13-5-3-12(23)4-6-13/h3-8,19H,9-10,25H2,1-2H3/t19-/m0/s1. The van der Waals surface area contributed by atoms with E-state index in [0.717, 1.165) is 17.0 Å². The maximum absolute atomic E-state index is 13.4. The van der Waals surface area contributed by atoms with Gasteiger partial charge in [-0.05, 0) is 42.2 Å². The molecule has 1 atom stereocenters. The van der Waals surface area contributed by atoms with Crippen molar-refractivity contribution in [2.24, 2.45) is 11.1 Å². The topological polar surface area (TPSA) is 113 Å². The second kappa shape index (κ2) is 7.52. The molecule has 4 rings (SSSR count). The third-order valence-corrected chi connectivity index (χ3v) is 6.90. The Morgan fingerprint density at radius 1 is 1.26 bits per heavy atom. The average molecular weight is 455 g/mol. The van der Waals surface area contributed by atoms with Gasteiger partial charge in [-0.25, -0.2) is 0 Å². The molecule has 0 fully saturated rings. The van der Waals surface area contributed by atoms with E-state index >= 15 is 0 Å². The molecule has 0 spiro atoms. The number of thiophene rings is 1. The Labute approximate surface area is 188 Å². The summed E-state index contributed by atoms with van der Waals surface area (Å²) in [5.41, 5.74) is 8.33. The third kappa shape index (κ3) is 3.60. The predicted molar refractivity (Wildman–Crippen MR) is 120 cm³/mol. The van der Waals surface area contributed by atoms with Crippen molar-refractivity contribution in [1.29, 1.82) is 5.26 Å². The van der Waals surface area contributed by atoms with Crippen LogP contribution in [-0.4, -0.2) is 10.7 Å². The van der Waals surface area contributed by atoms with E-state index in [1.807, 2.05) is 13.8 Å². The van der Waals surface area contributed by atoms with E-state index in [4.69, 9.17) is 17.3 Å². The highest BCUT2D eigenvalue weighted by Crippen LogP contribution is 2.51. The number of nitrogens with two attached hydrogens (primary N) is 1. The van der Waals surface area contributed by atoms with Gasteiger partial charge in [-0.1, -0.05) is 36.8 Å². The molecule has 1 aromatic heterocycles. The van der Waals surface area contributed by atoms with Gasteiger partial charge in [0, 0.05) is 39.3 Å². The quantitative estimate of drug-likeness (QED) is 0.500. The van der Waals surface area contributed by atoms with Gasteiger partial charge in [-0.2, -0.15) is 5.26 Å². The van der Waals surface area contributed by atoms with Crippen LogP contribution in [0.3, 0.4) is 0 Å². The molecule has 0 saturated heterocycles. The van der Waals surface area contributed by atoms with Gasteiger partial charge < -0.3 is 5.73 Å². The Morgan fingerprint density at radius 3 is 2.52 bits per heavy atom. The van der Waals surface area contributed by atoms with Crippen molar-refractivity contribution in [1.82, 2.24) is 0 Å². The highest BCUT2D eigenvalue weighted by molar-refractivity contribution is 7.15. The average Bonchev–Trinajstić information content (AvgIpc) is 3.17. The van der Waals surface area contributed by atoms with Crippen LogP contribution in [0.2, 0.25) is 5.02 Å². The molecule has 0 radical (unpaired) electrons. The van der Waals surface area contributed by atoms with E-state index in [-0.39, 0.29) is 27.6 Å². The van der Waals surface area contributed by atoms with Gasteiger partial charge in [0.05, 0.1) is 22.5 Å². The Balaban J connectivity index is 1.97. The summed E-state index contributed by atoms with van der Waals surface area (Å²) in [5, 5.41) is 21.7. The Kier molecular flexibility index (Phi) is 5.12. The largest absolute Gasteiger partial charge is 0.384 e. The van der Waals surface area contributed by atoms with Crippen LogP contribution in [0.5, 0.6) is 0 Å². The van der Waals surface area contributed by atoms with Gasteiger partial charge in [0.2, 0.25) is 0 Å². The molecule has 1 aliphatic carbocycles. The Bertz CT molecular complexity index is 1200. The van der Waals surface area contributed by atoms with Crippen LogP contribution in [-0.2, 0) is 4.79 Å². The number of rotatable bonds is 3. The summed E-state index contributed by atoms with van der Waals surface area (Å²) < 4.78 is 0. The second-order valence-corrected chi connectivity index (χ2v) is 9.92. The SMILES string of the molecule is CC1(C)CC(=O)C2=C(C1)N(c1ccc(Cl)cc1)C(N)=C(C#N)[C@H]2c1ccc([N+](=O)[O-])s1. The van der Waals surface area contributed by atoms with Crippen molar-refractivity contribution in [2.45, 2.75) is 32.6 Å². The summed E-state index contributed by atoms with van der Waals surface area (Å²) in [6.45, 7) is 4.03. The minimum absolute atomic E-state index is 0.0447. The van der Waals surface area contributed by atoms with Gasteiger partial charge in [0.1, 0.15) is 5.82 Å². The summed E-state index contributed by atoms with van der Waals surface area (Å²) in [5.74, 6) is -0.576. The molecule has 0 bridgehead atoms. The minimum Gasteiger partial charge on any atom is -0.384 e. The van der Waals surface area contributed by atoms with Crippen molar-refractivity contribution in [2.75, 3.05) is 4.90 Å². The summed E-state index contributed by atoms with van der Waals surface area (Å²) in [7, 11) is 0. The molecule has 7 nitrogen and oxygen atoms in total. The van der Waals surface area contributed by atoms with E-state index in [2.05, 4.69) is 6.07 Å². The van der Waals surface area contributed by atoms with E-state index in [9.17, 15) is 20.2 Å². The third-order valence-electron chi connectivity index (χ3n) is 5.54. The van der Waals surface area contributed by atoms with Crippen molar-refractivity contribution < 1.29 is 9.72 Å². The molecule has 1 aliphatic heterocycles. The second-order valence-electron chi connectivity index (χ2n) is 8.39. The number of hydrogen-bond acceptors (Lipinski definition) is 7. The number of halogens is 1. The van der Waals surface area contributed by atoms with Gasteiger partial charge >= 0.3 is 5.00 Å². The molecule has 0 amide bonds. The fraction of sp³-hybridized carbons (Fsp3) is 0.273. The molecule has 2 N–H and O–H groups in total. The number of allylic oxidation sites excluding steroid dienone is 3. The monoisotopic (exact) mass is 454 g/mol. The Hall–Kier alpha value is -3.15. The predicted octanol–water partition coefficient (Wildman–Crippen LogP) is 5.25. The molecule has 31 heavy (non-hydrogen) atoms. The lowest BCUT2D eigenvalue weighted by Gasteiger charge is -2.43. The molecule has 2 aliphatic rings. The first-order valence-electron chi connectivity index (χ1n) is 9.59. The first kappa shape index (κ1) is 21.1. The van der Waals surface area contributed by atoms with Crippen LogP contribution in [0.15, 0.2) is 59.1 Å². The number of hydrogen-bond donors (Lipinski definition) is 1. The Morgan fingerprint density at radius 2 is 1.94 bits per heavy atom. The summed E-state index contributed by atoms with van der Waals surface area (Å²) in [6.07, 6.45) is 0.892. The zero-order valence-electron chi connectivity index (χ0n) is 16.9. The zero-order chi connectivity index (χ0) is 22.5. The van der Waals surface area contributed by atoms with Crippen molar-refractivity contribution in [3.05, 3.63) is 79.1 Å². The molecular weight excluding hydrogens is 436 g/mol. The molecule has 0 unspecified atom stereocenters. The van der Waals surface area contributed by atoms with Crippen molar-refractivity contribution in [3.63, 3.8) is 0 Å². The van der Waals surface area contributed by atoms with Gasteiger partial charge in [-0.3, -0.25) is 19.8 Å². The lowest BCUT2D eigenvalue weighted by atomic mass is 9.69. The molecule has 0 saturated carbocycles.